The summed E-state index contributed by atoms with van der Waals surface area (Å²) in [5, 5.41) is 18.5. The van der Waals surface area contributed by atoms with Gasteiger partial charge >= 0.3 is 0 Å². The Morgan fingerprint density at radius 3 is 2.43 bits per heavy atom. The minimum absolute atomic E-state index is 0.311. The van der Waals surface area contributed by atoms with Crippen LogP contribution in [0.1, 0.15) is 6.92 Å². The van der Waals surface area contributed by atoms with Crippen LogP contribution in [-0.2, 0) is 0 Å². The van der Waals surface area contributed by atoms with E-state index in [0.717, 1.165) is 0 Å². The number of ether oxygens (including phenoxy) is 1. The third-order valence-corrected chi connectivity index (χ3v) is 2.12. The summed E-state index contributed by atoms with van der Waals surface area (Å²) in [6.07, 6.45) is -1.31. The standard InChI is InChI=1S/C10H13ClO3/c1-7(10(13)6-12)14-9-4-2-8(11)3-5-9/h2-5,7,10,12-13H,6H2,1H3. The first-order chi connectivity index (χ1) is 6.63. The number of hydrogen-bond donors (Lipinski definition) is 2. The first kappa shape index (κ1) is 11.3. The van der Waals surface area contributed by atoms with Crippen LogP contribution in [0.5, 0.6) is 5.75 Å². The molecule has 2 unspecified atom stereocenters. The van der Waals surface area contributed by atoms with E-state index >= 15 is 0 Å². The highest BCUT2D eigenvalue weighted by atomic mass is 35.5. The highest BCUT2D eigenvalue weighted by molar-refractivity contribution is 6.30. The van der Waals surface area contributed by atoms with E-state index in [9.17, 15) is 5.11 Å². The Morgan fingerprint density at radius 2 is 1.93 bits per heavy atom. The van der Waals surface area contributed by atoms with Crippen molar-refractivity contribution in [3.05, 3.63) is 29.3 Å². The van der Waals surface area contributed by atoms with E-state index in [0.29, 0.717) is 10.8 Å². The fourth-order valence-electron chi connectivity index (χ4n) is 0.955. The fraction of sp³-hybridized carbons (Fsp3) is 0.400. The van der Waals surface area contributed by atoms with Crippen LogP contribution in [0.15, 0.2) is 24.3 Å². The Bertz CT molecular complexity index is 273. The summed E-state index contributed by atoms with van der Waals surface area (Å²) in [6, 6.07) is 6.83. The number of hydrogen-bond acceptors (Lipinski definition) is 3. The average Bonchev–Trinajstić information content (AvgIpc) is 2.20. The Morgan fingerprint density at radius 1 is 1.36 bits per heavy atom. The molecule has 14 heavy (non-hydrogen) atoms. The van der Waals surface area contributed by atoms with Gasteiger partial charge in [-0.15, -0.1) is 0 Å². The summed E-state index contributed by atoms with van der Waals surface area (Å²) < 4.78 is 5.35. The number of aliphatic hydroxyl groups is 2. The van der Waals surface area contributed by atoms with Crippen molar-refractivity contribution < 1.29 is 14.9 Å². The predicted octanol–water partition coefficient (Wildman–Crippen LogP) is 1.46. The molecule has 0 saturated carbocycles. The third kappa shape index (κ3) is 3.18. The molecular formula is C10H13ClO3. The van der Waals surface area contributed by atoms with E-state index in [4.69, 9.17) is 21.4 Å². The second kappa shape index (κ2) is 5.20. The van der Waals surface area contributed by atoms with Gasteiger partial charge in [0.15, 0.2) is 0 Å². The first-order valence-corrected chi connectivity index (χ1v) is 4.72. The van der Waals surface area contributed by atoms with E-state index in [1.54, 1.807) is 31.2 Å². The lowest BCUT2D eigenvalue weighted by molar-refractivity contribution is 0.00816. The second-order valence-electron chi connectivity index (χ2n) is 3.03. The minimum atomic E-state index is -0.870. The average molecular weight is 217 g/mol. The van der Waals surface area contributed by atoms with E-state index in [-0.39, 0.29) is 6.61 Å². The normalized spacial score (nSPS) is 14.9. The molecule has 1 aromatic rings. The SMILES string of the molecule is CC(Oc1ccc(Cl)cc1)C(O)CO. The summed E-state index contributed by atoms with van der Waals surface area (Å²) in [7, 11) is 0. The quantitative estimate of drug-likeness (QED) is 0.801. The molecule has 0 aliphatic rings. The van der Waals surface area contributed by atoms with Gasteiger partial charge in [-0.2, -0.15) is 0 Å². The van der Waals surface area contributed by atoms with Gasteiger partial charge in [0.25, 0.3) is 0 Å². The third-order valence-electron chi connectivity index (χ3n) is 1.86. The zero-order valence-electron chi connectivity index (χ0n) is 7.85. The lowest BCUT2D eigenvalue weighted by Crippen LogP contribution is -2.31. The van der Waals surface area contributed by atoms with Gasteiger partial charge in [0.1, 0.15) is 18.0 Å². The molecule has 0 aromatic heterocycles. The summed E-state index contributed by atoms with van der Waals surface area (Å²) in [5.41, 5.74) is 0. The van der Waals surface area contributed by atoms with Gasteiger partial charge in [-0.25, -0.2) is 0 Å². The highest BCUT2D eigenvalue weighted by Crippen LogP contribution is 2.17. The number of halogens is 1. The molecular weight excluding hydrogens is 204 g/mol. The van der Waals surface area contributed by atoms with Gasteiger partial charge in [0.05, 0.1) is 6.61 Å². The van der Waals surface area contributed by atoms with Crippen LogP contribution < -0.4 is 4.74 Å². The molecule has 3 nitrogen and oxygen atoms in total. The van der Waals surface area contributed by atoms with Crippen molar-refractivity contribution in [3.63, 3.8) is 0 Å². The molecule has 0 radical (unpaired) electrons. The summed E-state index contributed by atoms with van der Waals surface area (Å²) in [5.74, 6) is 0.620. The number of aliphatic hydroxyl groups excluding tert-OH is 2. The lowest BCUT2D eigenvalue weighted by atomic mass is 10.2. The van der Waals surface area contributed by atoms with Gasteiger partial charge in [-0.05, 0) is 31.2 Å². The highest BCUT2D eigenvalue weighted by Gasteiger charge is 2.14. The van der Waals surface area contributed by atoms with Crippen LogP contribution in [0.25, 0.3) is 0 Å². The van der Waals surface area contributed by atoms with Gasteiger partial charge in [-0.3, -0.25) is 0 Å². The lowest BCUT2D eigenvalue weighted by Gasteiger charge is -2.18. The van der Waals surface area contributed by atoms with Crippen LogP contribution in [0.4, 0.5) is 0 Å². The van der Waals surface area contributed by atoms with Gasteiger partial charge in [-0.1, -0.05) is 11.6 Å². The molecule has 4 heteroatoms. The van der Waals surface area contributed by atoms with Crippen LogP contribution in [0, 0.1) is 0 Å². The Labute approximate surface area is 87.9 Å². The van der Waals surface area contributed by atoms with Crippen molar-refractivity contribution in [2.75, 3.05) is 6.61 Å². The van der Waals surface area contributed by atoms with E-state index < -0.39 is 12.2 Å². The summed E-state index contributed by atoms with van der Waals surface area (Å²) in [4.78, 5) is 0. The molecule has 0 aliphatic carbocycles. The van der Waals surface area contributed by atoms with Crippen molar-refractivity contribution >= 4 is 11.6 Å². The monoisotopic (exact) mass is 216 g/mol. The zero-order valence-corrected chi connectivity index (χ0v) is 8.61. The smallest absolute Gasteiger partial charge is 0.124 e. The topological polar surface area (TPSA) is 49.7 Å². The molecule has 2 N–H and O–H groups in total. The van der Waals surface area contributed by atoms with E-state index in [2.05, 4.69) is 0 Å². The summed E-state index contributed by atoms with van der Waals surface area (Å²) >= 11 is 5.69. The van der Waals surface area contributed by atoms with Crippen LogP contribution in [0.2, 0.25) is 5.02 Å². The molecule has 0 heterocycles. The van der Waals surface area contributed by atoms with Crippen LogP contribution in [0.3, 0.4) is 0 Å². The largest absolute Gasteiger partial charge is 0.488 e. The van der Waals surface area contributed by atoms with E-state index in [1.807, 2.05) is 0 Å². The molecule has 0 fully saturated rings. The second-order valence-corrected chi connectivity index (χ2v) is 3.46. The molecule has 1 aromatic carbocycles. The first-order valence-electron chi connectivity index (χ1n) is 4.34. The maximum atomic E-state index is 9.24. The Balaban J connectivity index is 2.56. The molecule has 1 rings (SSSR count). The van der Waals surface area contributed by atoms with Crippen molar-refractivity contribution in [2.45, 2.75) is 19.1 Å². The molecule has 0 aliphatic heterocycles. The molecule has 0 saturated heterocycles. The number of rotatable bonds is 4. The summed E-state index contributed by atoms with van der Waals surface area (Å²) in [6.45, 7) is 1.38. The van der Waals surface area contributed by atoms with Gasteiger partial charge in [0, 0.05) is 5.02 Å². The predicted molar refractivity (Wildman–Crippen MR) is 54.6 cm³/mol. The zero-order chi connectivity index (χ0) is 10.6. The van der Waals surface area contributed by atoms with Crippen molar-refractivity contribution in [2.24, 2.45) is 0 Å². The van der Waals surface area contributed by atoms with Crippen molar-refractivity contribution in [1.29, 1.82) is 0 Å². The number of benzene rings is 1. The Kier molecular flexibility index (Phi) is 4.20. The van der Waals surface area contributed by atoms with Crippen LogP contribution in [-0.4, -0.2) is 29.0 Å². The van der Waals surface area contributed by atoms with Crippen molar-refractivity contribution in [3.8, 4) is 5.75 Å². The maximum Gasteiger partial charge on any atom is 0.124 e. The molecule has 0 bridgehead atoms. The fourth-order valence-corrected chi connectivity index (χ4v) is 1.08. The minimum Gasteiger partial charge on any atom is -0.488 e. The van der Waals surface area contributed by atoms with Gasteiger partial charge < -0.3 is 14.9 Å². The van der Waals surface area contributed by atoms with Crippen LogP contribution >= 0.6 is 11.6 Å². The molecule has 78 valence electrons. The maximum absolute atomic E-state index is 9.24. The van der Waals surface area contributed by atoms with Gasteiger partial charge in [0.2, 0.25) is 0 Å². The molecule has 2 atom stereocenters. The van der Waals surface area contributed by atoms with E-state index in [1.165, 1.54) is 0 Å². The molecule has 0 spiro atoms. The molecule has 0 amide bonds. The van der Waals surface area contributed by atoms with Crippen molar-refractivity contribution in [1.82, 2.24) is 0 Å². The Hall–Kier alpha value is -0.770.